The van der Waals surface area contributed by atoms with Crippen LogP contribution in [0.3, 0.4) is 0 Å². The molecule has 0 radical (unpaired) electrons. The van der Waals surface area contributed by atoms with E-state index in [1.807, 2.05) is 0 Å². The Morgan fingerprint density at radius 2 is 1.09 bits per heavy atom. The molecule has 2 saturated carbocycles. The van der Waals surface area contributed by atoms with Gasteiger partial charge in [-0.2, -0.15) is 0 Å². The van der Waals surface area contributed by atoms with E-state index in [0.717, 1.165) is 51.4 Å². The summed E-state index contributed by atoms with van der Waals surface area (Å²) in [6.45, 7) is 0. The van der Waals surface area contributed by atoms with Crippen molar-refractivity contribution < 1.29 is 15.7 Å². The number of rotatable bonds is 6. The minimum atomic E-state index is -3.98. The molecular weight excluding hydrogens is 446 g/mol. The van der Waals surface area contributed by atoms with Crippen LogP contribution in [0, 0.1) is 0 Å². The van der Waals surface area contributed by atoms with Gasteiger partial charge in [-0.3, -0.25) is 0 Å². The number of carbonyl (C=O) groups excluding carboxylic acids is 2. The summed E-state index contributed by atoms with van der Waals surface area (Å²) < 4.78 is 12.5. The monoisotopic (exact) mass is 472 g/mol. The molecule has 0 amide bonds. The van der Waals surface area contributed by atoms with Crippen LogP contribution in [0.2, 0.25) is 7.87 Å². The van der Waals surface area contributed by atoms with E-state index in [1.165, 1.54) is 12.8 Å². The molecule has 0 saturated heterocycles. The zero-order valence-corrected chi connectivity index (χ0v) is 17.9. The second-order valence-electron chi connectivity index (χ2n) is 6.61. The van der Waals surface area contributed by atoms with Crippen LogP contribution < -0.4 is 0 Å². The summed E-state index contributed by atoms with van der Waals surface area (Å²) in [5.74, 6) is -1.23. The van der Waals surface area contributed by atoms with Crippen molar-refractivity contribution in [2.24, 2.45) is 0 Å². The van der Waals surface area contributed by atoms with Crippen LogP contribution in [-0.2, 0) is 15.7 Å². The molecule has 0 unspecified atom stereocenters. The molecule has 23 heavy (non-hydrogen) atoms. The molecule has 0 aromatic heterocycles. The molecule has 4 nitrogen and oxygen atoms in total. The number of hydrogen-bond donors (Lipinski definition) is 0. The molecule has 2 aliphatic rings. The average molecular weight is 472 g/mol. The second kappa shape index (κ2) is 9.71. The van der Waals surface area contributed by atoms with E-state index in [0.29, 0.717) is 0 Å². The molecule has 0 heterocycles. The number of hydrogen-bond acceptors (Lipinski definition) is 4. The van der Waals surface area contributed by atoms with Crippen LogP contribution in [-0.4, -0.2) is 42.9 Å². The number of halogens is 2. The van der Waals surface area contributed by atoms with Gasteiger partial charge in [0.2, 0.25) is 0 Å². The Labute approximate surface area is 153 Å². The molecule has 2 rings (SSSR count). The third-order valence-corrected chi connectivity index (χ3v) is 18.5. The molecule has 0 N–H and O–H groups in total. The van der Waals surface area contributed by atoms with Crippen molar-refractivity contribution >= 4 is 54.3 Å². The Balaban J connectivity index is 2.32. The van der Waals surface area contributed by atoms with E-state index in [1.54, 1.807) is 0 Å². The first-order chi connectivity index (χ1) is 11.1. The van der Waals surface area contributed by atoms with Gasteiger partial charge in [-0.15, -0.1) is 0 Å². The summed E-state index contributed by atoms with van der Waals surface area (Å²) in [6, 6.07) is 0. The van der Waals surface area contributed by atoms with Gasteiger partial charge in [0.05, 0.1) is 0 Å². The molecule has 0 bridgehead atoms. The Morgan fingerprint density at radius 1 is 0.739 bits per heavy atom. The molecule has 2 fully saturated rings. The van der Waals surface area contributed by atoms with E-state index in [2.05, 4.69) is 0 Å². The Hall–Kier alpha value is 0.319. The normalized spacial score (nSPS) is 21.0. The van der Waals surface area contributed by atoms with Crippen LogP contribution in [0.5, 0.6) is 0 Å². The maximum atomic E-state index is 12.1. The SMILES string of the molecule is O=C(CCl)[O][Sn]([O]C(=O)CCl)([CH]1CCCCC1)[CH]1CCCCC1. The molecule has 0 spiro atoms. The topological polar surface area (TPSA) is 52.6 Å². The van der Waals surface area contributed by atoms with Crippen molar-refractivity contribution in [3.8, 4) is 0 Å². The van der Waals surface area contributed by atoms with Gasteiger partial charge in [0.15, 0.2) is 0 Å². The van der Waals surface area contributed by atoms with Crippen LogP contribution in [0.15, 0.2) is 0 Å². The van der Waals surface area contributed by atoms with Gasteiger partial charge >= 0.3 is 154 Å². The van der Waals surface area contributed by atoms with Crippen molar-refractivity contribution in [1.82, 2.24) is 0 Å². The van der Waals surface area contributed by atoms with Gasteiger partial charge in [0.1, 0.15) is 0 Å². The third kappa shape index (κ3) is 5.15. The summed E-state index contributed by atoms with van der Waals surface area (Å²) in [6.07, 6.45) is 10.9. The number of carbonyl (C=O) groups is 2. The van der Waals surface area contributed by atoms with E-state index in [-0.39, 0.29) is 19.6 Å². The molecule has 0 aliphatic heterocycles. The molecule has 0 aromatic carbocycles. The minimum absolute atomic E-state index is 0.184. The first-order valence-corrected chi connectivity index (χ1v) is 15.4. The van der Waals surface area contributed by atoms with Crippen molar-refractivity contribution in [2.75, 3.05) is 11.8 Å². The van der Waals surface area contributed by atoms with Crippen molar-refractivity contribution in [1.29, 1.82) is 0 Å². The second-order valence-corrected chi connectivity index (χ2v) is 17.1. The number of alkyl halides is 2. The fourth-order valence-electron chi connectivity index (χ4n) is 4.11. The standard InChI is InChI=1S/2C6H11.2C2H3ClO2.Sn/c2*1-2-4-6-5-3-1;2*3-1-2(4)5;/h2*1H,2-6H2;2*1H2,(H,4,5);/q;;;;+2/p-2. The summed E-state index contributed by atoms with van der Waals surface area (Å²) in [5.41, 5.74) is 0. The summed E-state index contributed by atoms with van der Waals surface area (Å²) in [5, 5.41) is 0. The first-order valence-electron chi connectivity index (χ1n) is 8.68. The summed E-state index contributed by atoms with van der Waals surface area (Å²) >= 11 is 7.42. The van der Waals surface area contributed by atoms with Gasteiger partial charge in [0.25, 0.3) is 0 Å². The quantitative estimate of drug-likeness (QED) is 0.417. The predicted molar refractivity (Wildman–Crippen MR) is 93.0 cm³/mol. The fraction of sp³-hybridized carbons (Fsp3) is 0.875. The van der Waals surface area contributed by atoms with Gasteiger partial charge in [0, 0.05) is 0 Å². The van der Waals surface area contributed by atoms with Crippen LogP contribution >= 0.6 is 23.2 Å². The Morgan fingerprint density at radius 3 is 1.39 bits per heavy atom. The fourth-order valence-corrected chi connectivity index (χ4v) is 18.0. The van der Waals surface area contributed by atoms with Gasteiger partial charge in [-0.25, -0.2) is 0 Å². The van der Waals surface area contributed by atoms with Crippen LogP contribution in [0.1, 0.15) is 64.2 Å². The Bertz CT molecular complexity index is 369. The van der Waals surface area contributed by atoms with Crippen LogP contribution in [0.25, 0.3) is 0 Å². The zero-order chi connectivity index (χ0) is 16.7. The third-order valence-electron chi connectivity index (χ3n) is 5.11. The predicted octanol–water partition coefficient (Wildman–Crippen LogP) is 4.66. The van der Waals surface area contributed by atoms with Gasteiger partial charge < -0.3 is 0 Å². The van der Waals surface area contributed by atoms with E-state index in [4.69, 9.17) is 29.4 Å². The molecule has 2 aliphatic carbocycles. The first kappa shape index (κ1) is 19.6. The van der Waals surface area contributed by atoms with Crippen molar-refractivity contribution in [2.45, 2.75) is 72.1 Å². The van der Waals surface area contributed by atoms with Gasteiger partial charge in [-0.1, -0.05) is 0 Å². The Kier molecular flexibility index (Phi) is 8.29. The molecule has 132 valence electrons. The molecule has 0 aromatic rings. The summed E-state index contributed by atoms with van der Waals surface area (Å²) in [4.78, 5) is 24.1. The van der Waals surface area contributed by atoms with Crippen LogP contribution in [0.4, 0.5) is 0 Å². The van der Waals surface area contributed by atoms with E-state index in [9.17, 15) is 9.59 Å². The maximum absolute atomic E-state index is 12.1. The molecular formula is C16H26Cl2O4Sn. The molecule has 0 atom stereocenters. The zero-order valence-electron chi connectivity index (χ0n) is 13.5. The summed E-state index contributed by atoms with van der Waals surface area (Å²) in [7, 11) is 0. The van der Waals surface area contributed by atoms with E-state index < -0.39 is 31.1 Å². The average Bonchev–Trinajstić information content (AvgIpc) is 2.62. The molecule has 7 heteroatoms. The van der Waals surface area contributed by atoms with Crippen molar-refractivity contribution in [3.63, 3.8) is 0 Å². The van der Waals surface area contributed by atoms with E-state index >= 15 is 0 Å². The van der Waals surface area contributed by atoms with Crippen molar-refractivity contribution in [3.05, 3.63) is 0 Å². The van der Waals surface area contributed by atoms with Gasteiger partial charge in [-0.05, 0) is 0 Å².